The summed E-state index contributed by atoms with van der Waals surface area (Å²) in [6, 6.07) is 8.50. The van der Waals surface area contributed by atoms with Crippen LogP contribution in [0.1, 0.15) is 54.6 Å². The molecule has 106 valence electrons. The second-order valence-electron chi connectivity index (χ2n) is 5.94. The Morgan fingerprint density at radius 1 is 1.15 bits per heavy atom. The fourth-order valence-electron chi connectivity index (χ4n) is 3.06. The highest BCUT2D eigenvalue weighted by Crippen LogP contribution is 2.19. The highest BCUT2D eigenvalue weighted by atomic mass is 16.1. The third-order valence-electron chi connectivity index (χ3n) is 4.21. The molecule has 2 aromatic rings. The van der Waals surface area contributed by atoms with E-state index in [1.54, 1.807) is 0 Å². The van der Waals surface area contributed by atoms with Crippen LogP contribution in [-0.4, -0.2) is 16.9 Å². The Hall–Kier alpha value is -1.77. The Balaban J connectivity index is 1.74. The predicted molar refractivity (Wildman–Crippen MR) is 82.0 cm³/mol. The lowest BCUT2D eigenvalue weighted by Crippen LogP contribution is -2.34. The van der Waals surface area contributed by atoms with E-state index in [9.17, 15) is 4.79 Å². The molecule has 0 atom stereocenters. The van der Waals surface area contributed by atoms with E-state index in [4.69, 9.17) is 0 Å². The summed E-state index contributed by atoms with van der Waals surface area (Å²) in [4.78, 5) is 15.6. The topological polar surface area (TPSA) is 44.9 Å². The maximum atomic E-state index is 12.3. The van der Waals surface area contributed by atoms with Crippen LogP contribution in [0.15, 0.2) is 24.3 Å². The van der Waals surface area contributed by atoms with Gasteiger partial charge in [-0.25, -0.2) is 0 Å². The molecule has 0 bridgehead atoms. The lowest BCUT2D eigenvalue weighted by molar-refractivity contribution is 0.0929. The van der Waals surface area contributed by atoms with Gasteiger partial charge in [-0.3, -0.25) is 4.79 Å². The first-order chi connectivity index (χ1) is 9.72. The van der Waals surface area contributed by atoms with Gasteiger partial charge >= 0.3 is 0 Å². The molecule has 1 aromatic heterocycles. The van der Waals surface area contributed by atoms with Gasteiger partial charge in [-0.1, -0.05) is 37.3 Å². The number of fused-ring (bicyclic) bond motifs is 1. The maximum Gasteiger partial charge on any atom is 0.267 e. The summed E-state index contributed by atoms with van der Waals surface area (Å²) < 4.78 is 0. The number of H-pyrrole nitrogens is 1. The minimum atomic E-state index is 0.0331. The van der Waals surface area contributed by atoms with Gasteiger partial charge in [0, 0.05) is 16.9 Å². The Morgan fingerprint density at radius 2 is 1.90 bits per heavy atom. The summed E-state index contributed by atoms with van der Waals surface area (Å²) in [5.74, 6) is 0.0331. The number of rotatable bonds is 2. The lowest BCUT2D eigenvalue weighted by atomic mass is 10.1. The number of hydrogen-bond acceptors (Lipinski definition) is 1. The molecule has 1 saturated carbocycles. The molecule has 0 aliphatic heterocycles. The third-order valence-corrected chi connectivity index (χ3v) is 4.21. The van der Waals surface area contributed by atoms with E-state index < -0.39 is 0 Å². The fraction of sp³-hybridized carbons (Fsp3) is 0.471. The molecule has 0 spiro atoms. The van der Waals surface area contributed by atoms with Crippen molar-refractivity contribution in [1.82, 2.24) is 10.3 Å². The number of aromatic amines is 1. The van der Waals surface area contributed by atoms with Crippen LogP contribution in [0, 0.1) is 6.92 Å². The summed E-state index contributed by atoms with van der Waals surface area (Å²) in [5, 5.41) is 4.29. The smallest absolute Gasteiger partial charge is 0.267 e. The Bertz CT molecular complexity index is 606. The minimum absolute atomic E-state index is 0.0331. The van der Waals surface area contributed by atoms with E-state index in [1.807, 2.05) is 12.1 Å². The van der Waals surface area contributed by atoms with Gasteiger partial charge in [-0.2, -0.15) is 0 Å². The first kappa shape index (κ1) is 13.2. The molecule has 1 aliphatic rings. The summed E-state index contributed by atoms with van der Waals surface area (Å²) in [5.41, 5.74) is 2.92. The van der Waals surface area contributed by atoms with Gasteiger partial charge in [-0.15, -0.1) is 0 Å². The summed E-state index contributed by atoms with van der Waals surface area (Å²) in [7, 11) is 0. The van der Waals surface area contributed by atoms with Crippen LogP contribution >= 0.6 is 0 Å². The molecule has 3 heteroatoms. The van der Waals surface area contributed by atoms with Crippen molar-refractivity contribution in [2.75, 3.05) is 0 Å². The number of hydrogen-bond donors (Lipinski definition) is 2. The average molecular weight is 270 g/mol. The normalized spacial score (nSPS) is 17.1. The first-order valence-electron chi connectivity index (χ1n) is 7.62. The van der Waals surface area contributed by atoms with Crippen molar-refractivity contribution in [3.63, 3.8) is 0 Å². The Morgan fingerprint density at radius 3 is 2.65 bits per heavy atom. The predicted octanol–water partition coefficient (Wildman–Crippen LogP) is 3.93. The number of carbonyl (C=O) groups excluding carboxylic acids is 1. The molecule has 0 radical (unpaired) electrons. The van der Waals surface area contributed by atoms with Crippen molar-refractivity contribution in [1.29, 1.82) is 0 Å². The Kier molecular flexibility index (Phi) is 3.77. The number of aromatic nitrogens is 1. The van der Waals surface area contributed by atoms with Gasteiger partial charge in [0.15, 0.2) is 0 Å². The summed E-state index contributed by atoms with van der Waals surface area (Å²) >= 11 is 0. The zero-order valence-corrected chi connectivity index (χ0v) is 12.0. The number of benzene rings is 1. The maximum absolute atomic E-state index is 12.3. The minimum Gasteiger partial charge on any atom is -0.351 e. The Labute approximate surface area is 119 Å². The zero-order chi connectivity index (χ0) is 13.9. The van der Waals surface area contributed by atoms with Crippen LogP contribution < -0.4 is 5.32 Å². The molecular weight excluding hydrogens is 248 g/mol. The molecule has 1 aromatic carbocycles. The van der Waals surface area contributed by atoms with Crippen LogP contribution in [0.5, 0.6) is 0 Å². The van der Waals surface area contributed by atoms with Gasteiger partial charge in [0.05, 0.1) is 0 Å². The van der Waals surface area contributed by atoms with Crippen LogP contribution in [-0.2, 0) is 0 Å². The van der Waals surface area contributed by atoms with Gasteiger partial charge in [0.1, 0.15) is 5.69 Å². The van der Waals surface area contributed by atoms with Crippen LogP contribution in [0.4, 0.5) is 0 Å². The molecular formula is C17H22N2O. The second-order valence-corrected chi connectivity index (χ2v) is 5.94. The SMILES string of the molecule is Cc1ccc2[nH]c(C(=O)NC3CCCCCC3)cc2c1. The van der Waals surface area contributed by atoms with Crippen LogP contribution in [0.3, 0.4) is 0 Å². The highest BCUT2D eigenvalue weighted by molar-refractivity contribution is 5.98. The molecule has 0 unspecified atom stereocenters. The molecule has 0 saturated heterocycles. The average Bonchev–Trinajstić information content (AvgIpc) is 2.68. The van der Waals surface area contributed by atoms with Crippen molar-refractivity contribution in [2.24, 2.45) is 0 Å². The van der Waals surface area contributed by atoms with E-state index in [-0.39, 0.29) is 5.91 Å². The molecule has 1 heterocycles. The molecule has 3 rings (SSSR count). The third kappa shape index (κ3) is 2.87. The standard InChI is InChI=1S/C17H22N2O/c1-12-8-9-15-13(10-12)11-16(19-15)17(20)18-14-6-4-2-3-5-7-14/h8-11,14,19H,2-7H2,1H3,(H,18,20). The number of aryl methyl sites for hydroxylation is 1. The molecule has 1 amide bonds. The van der Waals surface area contributed by atoms with E-state index in [0.29, 0.717) is 11.7 Å². The van der Waals surface area contributed by atoms with Crippen LogP contribution in [0.2, 0.25) is 0 Å². The monoisotopic (exact) mass is 270 g/mol. The van der Waals surface area contributed by atoms with Gasteiger partial charge in [-0.05, 0) is 38.0 Å². The van der Waals surface area contributed by atoms with Gasteiger partial charge in [0.2, 0.25) is 0 Å². The number of amides is 1. The largest absolute Gasteiger partial charge is 0.351 e. The quantitative estimate of drug-likeness (QED) is 0.798. The van der Waals surface area contributed by atoms with Crippen molar-refractivity contribution in [2.45, 2.75) is 51.5 Å². The molecule has 3 nitrogen and oxygen atoms in total. The van der Waals surface area contributed by atoms with E-state index in [1.165, 1.54) is 31.2 Å². The lowest BCUT2D eigenvalue weighted by Gasteiger charge is -2.15. The van der Waals surface area contributed by atoms with E-state index in [2.05, 4.69) is 29.4 Å². The fourth-order valence-corrected chi connectivity index (χ4v) is 3.06. The second kappa shape index (κ2) is 5.70. The van der Waals surface area contributed by atoms with E-state index >= 15 is 0 Å². The highest BCUT2D eigenvalue weighted by Gasteiger charge is 2.17. The van der Waals surface area contributed by atoms with Crippen molar-refractivity contribution >= 4 is 16.8 Å². The molecule has 2 N–H and O–H groups in total. The van der Waals surface area contributed by atoms with Crippen molar-refractivity contribution < 1.29 is 4.79 Å². The van der Waals surface area contributed by atoms with Gasteiger partial charge < -0.3 is 10.3 Å². The first-order valence-corrected chi connectivity index (χ1v) is 7.62. The van der Waals surface area contributed by atoms with Crippen molar-refractivity contribution in [3.8, 4) is 0 Å². The van der Waals surface area contributed by atoms with E-state index in [0.717, 1.165) is 23.7 Å². The van der Waals surface area contributed by atoms with Crippen molar-refractivity contribution in [3.05, 3.63) is 35.5 Å². The van der Waals surface area contributed by atoms with Gasteiger partial charge in [0.25, 0.3) is 5.91 Å². The number of carbonyl (C=O) groups is 1. The summed E-state index contributed by atoms with van der Waals surface area (Å²) in [6.07, 6.45) is 7.31. The zero-order valence-electron chi connectivity index (χ0n) is 12.0. The molecule has 1 fully saturated rings. The molecule has 20 heavy (non-hydrogen) atoms. The molecule has 1 aliphatic carbocycles. The number of nitrogens with one attached hydrogen (secondary N) is 2. The van der Waals surface area contributed by atoms with Crippen LogP contribution in [0.25, 0.3) is 10.9 Å². The summed E-state index contributed by atoms with van der Waals surface area (Å²) in [6.45, 7) is 2.07.